The van der Waals surface area contributed by atoms with Gasteiger partial charge in [0, 0.05) is 34.9 Å². The molecule has 1 heterocycles. The van der Waals surface area contributed by atoms with Crippen molar-refractivity contribution in [3.63, 3.8) is 0 Å². The van der Waals surface area contributed by atoms with E-state index in [4.69, 9.17) is 0 Å². The Labute approximate surface area is 120 Å². The second kappa shape index (κ2) is 5.57. The zero-order chi connectivity index (χ0) is 14.0. The van der Waals surface area contributed by atoms with Crippen LogP contribution in [-0.2, 0) is 13.6 Å². The molecule has 19 heavy (non-hydrogen) atoms. The van der Waals surface area contributed by atoms with Crippen LogP contribution in [0, 0.1) is 13.8 Å². The Morgan fingerprint density at radius 2 is 2.16 bits per heavy atom. The highest BCUT2D eigenvalue weighted by molar-refractivity contribution is 9.10. The number of aryl methyl sites for hydroxylation is 2. The number of nitrogens with one attached hydrogen (secondary N) is 1. The highest BCUT2D eigenvalue weighted by Crippen LogP contribution is 2.16. The molecule has 0 saturated heterocycles. The maximum absolute atomic E-state index is 12.1. The maximum atomic E-state index is 12.1. The van der Waals surface area contributed by atoms with Gasteiger partial charge in [-0.25, -0.2) is 0 Å². The number of benzene rings is 1. The molecule has 2 aromatic rings. The smallest absolute Gasteiger partial charge is 0.251 e. The number of hydrogen-bond donors (Lipinski definition) is 1. The Hall–Kier alpha value is -1.62. The van der Waals surface area contributed by atoms with Gasteiger partial charge < -0.3 is 5.32 Å². The Bertz CT molecular complexity index is 619. The molecule has 0 unspecified atom stereocenters. The molecule has 1 aromatic heterocycles. The lowest BCUT2D eigenvalue weighted by Gasteiger charge is -2.08. The number of rotatable bonds is 3. The normalized spacial score (nSPS) is 10.5. The fraction of sp³-hybridized carbons (Fsp3) is 0.286. The topological polar surface area (TPSA) is 46.9 Å². The summed E-state index contributed by atoms with van der Waals surface area (Å²) in [4.78, 5) is 12.1. The van der Waals surface area contributed by atoms with E-state index in [2.05, 4.69) is 26.3 Å². The van der Waals surface area contributed by atoms with Crippen molar-refractivity contribution in [1.82, 2.24) is 15.1 Å². The largest absolute Gasteiger partial charge is 0.348 e. The molecule has 0 bridgehead atoms. The fourth-order valence-electron chi connectivity index (χ4n) is 1.83. The van der Waals surface area contributed by atoms with Crippen LogP contribution in [0.4, 0.5) is 0 Å². The Morgan fingerprint density at radius 1 is 1.42 bits per heavy atom. The summed E-state index contributed by atoms with van der Waals surface area (Å²) in [5.74, 6) is -0.0675. The van der Waals surface area contributed by atoms with Crippen molar-refractivity contribution in [2.45, 2.75) is 20.4 Å². The van der Waals surface area contributed by atoms with E-state index in [0.717, 1.165) is 21.3 Å². The average molecular weight is 322 g/mol. The Kier molecular flexibility index (Phi) is 4.04. The molecule has 0 atom stereocenters. The third kappa shape index (κ3) is 3.04. The quantitative estimate of drug-likeness (QED) is 0.944. The second-order valence-electron chi connectivity index (χ2n) is 4.52. The standard InChI is InChI=1S/C14H16BrN3O/c1-9-4-5-12(15)6-13(9)14(19)16-7-11-8-17-18(3)10(11)2/h4-6,8H,7H2,1-3H3,(H,16,19). The molecule has 0 radical (unpaired) electrons. The van der Waals surface area contributed by atoms with E-state index in [9.17, 15) is 4.79 Å². The minimum absolute atomic E-state index is 0.0675. The van der Waals surface area contributed by atoms with Gasteiger partial charge in [-0.3, -0.25) is 9.48 Å². The first-order valence-electron chi connectivity index (χ1n) is 6.01. The first kappa shape index (κ1) is 13.8. The molecule has 0 aliphatic carbocycles. The lowest BCUT2D eigenvalue weighted by Crippen LogP contribution is -2.23. The van der Waals surface area contributed by atoms with E-state index in [1.807, 2.05) is 39.1 Å². The van der Waals surface area contributed by atoms with Crippen molar-refractivity contribution < 1.29 is 4.79 Å². The molecule has 100 valence electrons. The van der Waals surface area contributed by atoms with Gasteiger partial charge in [0.2, 0.25) is 0 Å². The van der Waals surface area contributed by atoms with Crippen LogP contribution in [0.3, 0.4) is 0 Å². The Morgan fingerprint density at radius 3 is 2.79 bits per heavy atom. The third-order valence-electron chi connectivity index (χ3n) is 3.22. The summed E-state index contributed by atoms with van der Waals surface area (Å²) in [5.41, 5.74) is 3.74. The number of amides is 1. The maximum Gasteiger partial charge on any atom is 0.251 e. The second-order valence-corrected chi connectivity index (χ2v) is 5.44. The molecule has 0 aliphatic rings. The van der Waals surface area contributed by atoms with Crippen LogP contribution in [0.15, 0.2) is 28.9 Å². The summed E-state index contributed by atoms with van der Waals surface area (Å²) < 4.78 is 2.70. The highest BCUT2D eigenvalue weighted by Gasteiger charge is 2.10. The first-order chi connectivity index (χ1) is 8.99. The number of aromatic nitrogens is 2. The number of nitrogens with zero attached hydrogens (tertiary/aromatic N) is 2. The van der Waals surface area contributed by atoms with Gasteiger partial charge in [-0.05, 0) is 31.5 Å². The molecule has 1 N–H and O–H groups in total. The highest BCUT2D eigenvalue weighted by atomic mass is 79.9. The van der Waals surface area contributed by atoms with E-state index in [1.165, 1.54) is 0 Å². The zero-order valence-electron chi connectivity index (χ0n) is 11.2. The number of hydrogen-bond acceptors (Lipinski definition) is 2. The molecule has 1 aromatic carbocycles. The molecule has 2 rings (SSSR count). The van der Waals surface area contributed by atoms with Crippen molar-refractivity contribution in [1.29, 1.82) is 0 Å². The average Bonchev–Trinajstić information content (AvgIpc) is 2.70. The predicted molar refractivity (Wildman–Crippen MR) is 78.0 cm³/mol. The van der Waals surface area contributed by atoms with Crippen LogP contribution in [-0.4, -0.2) is 15.7 Å². The molecule has 0 saturated carbocycles. The van der Waals surface area contributed by atoms with Crippen molar-refractivity contribution in [3.05, 3.63) is 51.3 Å². The zero-order valence-corrected chi connectivity index (χ0v) is 12.8. The summed E-state index contributed by atoms with van der Waals surface area (Å²) in [5, 5.41) is 7.08. The molecule has 0 aliphatic heterocycles. The van der Waals surface area contributed by atoms with Crippen LogP contribution >= 0.6 is 15.9 Å². The van der Waals surface area contributed by atoms with Gasteiger partial charge >= 0.3 is 0 Å². The minimum Gasteiger partial charge on any atom is -0.348 e. The van der Waals surface area contributed by atoms with Gasteiger partial charge in [0.15, 0.2) is 0 Å². The van der Waals surface area contributed by atoms with Gasteiger partial charge in [0.25, 0.3) is 5.91 Å². The fourth-order valence-corrected chi connectivity index (χ4v) is 2.19. The van der Waals surface area contributed by atoms with Crippen molar-refractivity contribution in [2.75, 3.05) is 0 Å². The van der Waals surface area contributed by atoms with Crippen LogP contribution < -0.4 is 5.32 Å². The predicted octanol–water partition coefficient (Wildman–Crippen LogP) is 2.73. The summed E-state index contributed by atoms with van der Waals surface area (Å²) in [7, 11) is 1.89. The van der Waals surface area contributed by atoms with Crippen molar-refractivity contribution >= 4 is 21.8 Å². The monoisotopic (exact) mass is 321 g/mol. The van der Waals surface area contributed by atoms with Gasteiger partial charge in [0.05, 0.1) is 6.20 Å². The van der Waals surface area contributed by atoms with Crippen molar-refractivity contribution in [2.24, 2.45) is 7.05 Å². The molecule has 0 spiro atoms. The lowest BCUT2D eigenvalue weighted by molar-refractivity contribution is 0.0950. The van der Waals surface area contributed by atoms with Gasteiger partial charge in [-0.15, -0.1) is 0 Å². The molecule has 1 amide bonds. The summed E-state index contributed by atoms with van der Waals surface area (Å²) in [6.45, 7) is 4.40. The van der Waals surface area contributed by atoms with E-state index in [-0.39, 0.29) is 5.91 Å². The van der Waals surface area contributed by atoms with Crippen molar-refractivity contribution in [3.8, 4) is 0 Å². The van der Waals surface area contributed by atoms with E-state index >= 15 is 0 Å². The molecule has 4 nitrogen and oxygen atoms in total. The third-order valence-corrected chi connectivity index (χ3v) is 3.71. The Balaban J connectivity index is 2.09. The molecule has 0 fully saturated rings. The molecule has 5 heteroatoms. The van der Waals surface area contributed by atoms with Crippen LogP contribution in [0.5, 0.6) is 0 Å². The van der Waals surface area contributed by atoms with Crippen LogP contribution in [0.25, 0.3) is 0 Å². The molecular formula is C14H16BrN3O. The van der Waals surface area contributed by atoms with E-state index < -0.39 is 0 Å². The number of carbonyl (C=O) groups excluding carboxylic acids is 1. The van der Waals surface area contributed by atoms with Crippen LogP contribution in [0.2, 0.25) is 0 Å². The summed E-state index contributed by atoms with van der Waals surface area (Å²) in [6, 6.07) is 5.69. The van der Waals surface area contributed by atoms with E-state index in [1.54, 1.807) is 10.9 Å². The van der Waals surface area contributed by atoms with E-state index in [0.29, 0.717) is 12.1 Å². The minimum atomic E-state index is -0.0675. The SMILES string of the molecule is Cc1ccc(Br)cc1C(=O)NCc1cnn(C)c1C. The van der Waals surface area contributed by atoms with Gasteiger partial charge in [-0.2, -0.15) is 5.10 Å². The number of carbonyl (C=O) groups is 1. The summed E-state index contributed by atoms with van der Waals surface area (Å²) >= 11 is 3.38. The number of halogens is 1. The molecular weight excluding hydrogens is 306 g/mol. The lowest BCUT2D eigenvalue weighted by atomic mass is 10.1. The van der Waals surface area contributed by atoms with Crippen LogP contribution in [0.1, 0.15) is 27.2 Å². The summed E-state index contributed by atoms with van der Waals surface area (Å²) in [6.07, 6.45) is 1.78. The van der Waals surface area contributed by atoms with Gasteiger partial charge in [0.1, 0.15) is 0 Å². The van der Waals surface area contributed by atoms with Gasteiger partial charge in [-0.1, -0.05) is 22.0 Å². The first-order valence-corrected chi connectivity index (χ1v) is 6.80.